The number of para-hydroxylation sites is 1. The van der Waals surface area contributed by atoms with Crippen molar-refractivity contribution in [3.05, 3.63) is 99.9 Å². The van der Waals surface area contributed by atoms with Crippen LogP contribution in [0.1, 0.15) is 67.4 Å². The van der Waals surface area contributed by atoms with Crippen LogP contribution in [-0.2, 0) is 6.42 Å². The van der Waals surface area contributed by atoms with E-state index in [1.54, 1.807) is 24.3 Å². The third kappa shape index (κ3) is 13.6. The average Bonchev–Trinajstić information content (AvgIpc) is 2.85. The second kappa shape index (κ2) is 19.6. The van der Waals surface area contributed by atoms with E-state index in [-0.39, 0.29) is 0 Å². The molecule has 0 fully saturated rings. The minimum absolute atomic E-state index is 0.301. The van der Waals surface area contributed by atoms with E-state index in [2.05, 4.69) is 44.7 Å². The molecule has 0 unspecified atom stereocenters. The van der Waals surface area contributed by atoms with Gasteiger partial charge in [-0.05, 0) is 54.3 Å². The fourth-order valence-electron chi connectivity index (χ4n) is 3.12. The molecular weight excluding hydrogens is 440 g/mol. The summed E-state index contributed by atoms with van der Waals surface area (Å²) in [7, 11) is 0. The standard InChI is InChI=1S/C15H22O.C9H10.C6H6O.CH3Cl/c1-3-5-6-10-13-11-7-8-12-14(13)15(16)9-4-2;1-7-4-5-8(2)9(3)6-7;7-6-4-2-1-3-5-6;1-2/h7-8,11-12H,3-6,9-10H2,1-2H3;4-6H,2-3H2,1H3;1-5,7H;1H3. The first-order valence-electron chi connectivity index (χ1n) is 11.9. The average molecular weight is 481 g/mol. The maximum atomic E-state index is 11.9. The van der Waals surface area contributed by atoms with Gasteiger partial charge in [-0.3, -0.25) is 4.79 Å². The molecule has 3 rings (SSSR count). The highest BCUT2D eigenvalue weighted by Crippen LogP contribution is 2.15. The fraction of sp³-hybridized carbons (Fsp3) is 0.323. The molecule has 0 saturated heterocycles. The molecule has 0 spiro atoms. The van der Waals surface area contributed by atoms with Gasteiger partial charge >= 0.3 is 0 Å². The number of unbranched alkanes of at least 4 members (excludes halogenated alkanes) is 2. The molecule has 34 heavy (non-hydrogen) atoms. The largest absolute Gasteiger partial charge is 0.508 e. The molecule has 2 nitrogen and oxygen atoms in total. The first-order chi connectivity index (χ1) is 16.4. The van der Waals surface area contributed by atoms with Crippen molar-refractivity contribution in [2.75, 3.05) is 6.38 Å². The summed E-state index contributed by atoms with van der Waals surface area (Å²) < 4.78 is 0. The smallest absolute Gasteiger partial charge is 0.163 e. The van der Waals surface area contributed by atoms with Crippen molar-refractivity contribution in [3.8, 4) is 5.75 Å². The molecule has 0 atom stereocenters. The van der Waals surface area contributed by atoms with Crippen LogP contribution in [0.5, 0.6) is 5.75 Å². The van der Waals surface area contributed by atoms with Gasteiger partial charge in [0.1, 0.15) is 5.75 Å². The van der Waals surface area contributed by atoms with Crippen molar-refractivity contribution < 1.29 is 9.90 Å². The Hall–Kier alpha value is -2.84. The predicted octanol–water partition coefficient (Wildman–Crippen LogP) is 7.46. The van der Waals surface area contributed by atoms with Crippen LogP contribution in [0.2, 0.25) is 0 Å². The van der Waals surface area contributed by atoms with Crippen LogP contribution < -0.4 is 10.4 Å². The lowest BCUT2D eigenvalue weighted by Gasteiger charge is -2.07. The molecule has 0 aliphatic rings. The number of phenolic OH excluding ortho intramolecular Hbond substituents is 1. The Morgan fingerprint density at radius 1 is 0.824 bits per heavy atom. The number of ketones is 1. The first kappa shape index (κ1) is 31.2. The summed E-state index contributed by atoms with van der Waals surface area (Å²) >= 11 is 4.64. The van der Waals surface area contributed by atoms with Crippen LogP contribution in [0.25, 0.3) is 13.2 Å². The zero-order valence-electron chi connectivity index (χ0n) is 21.3. The summed E-state index contributed by atoms with van der Waals surface area (Å²) in [5.41, 5.74) is 3.42. The molecule has 3 aromatic rings. The SMILES string of the molecule is C=c1ccc(C)cc1=C.CCCCCc1ccccc1C(=O)CCC.CCl.Oc1ccccc1. The van der Waals surface area contributed by atoms with E-state index >= 15 is 0 Å². The maximum Gasteiger partial charge on any atom is 0.163 e. The van der Waals surface area contributed by atoms with Crippen molar-refractivity contribution in [3.63, 3.8) is 0 Å². The van der Waals surface area contributed by atoms with E-state index in [0.717, 1.165) is 28.8 Å². The molecule has 3 aromatic carbocycles. The number of hydrogen-bond donors (Lipinski definition) is 1. The van der Waals surface area contributed by atoms with Gasteiger partial charge < -0.3 is 5.11 Å². The third-order valence-corrected chi connectivity index (χ3v) is 4.96. The van der Waals surface area contributed by atoms with Crippen molar-refractivity contribution in [2.45, 2.75) is 59.3 Å². The van der Waals surface area contributed by atoms with E-state index in [9.17, 15) is 4.79 Å². The molecule has 0 bridgehead atoms. The van der Waals surface area contributed by atoms with Gasteiger partial charge in [-0.25, -0.2) is 0 Å². The summed E-state index contributed by atoms with van der Waals surface area (Å²) in [6, 6.07) is 22.8. The monoisotopic (exact) mass is 480 g/mol. The number of carbonyl (C=O) groups excluding carboxylic acids is 1. The van der Waals surface area contributed by atoms with Crippen LogP contribution in [0.4, 0.5) is 0 Å². The van der Waals surface area contributed by atoms with E-state index < -0.39 is 0 Å². The number of phenols is 1. The van der Waals surface area contributed by atoms with Crippen molar-refractivity contribution in [1.82, 2.24) is 0 Å². The Morgan fingerprint density at radius 2 is 1.44 bits per heavy atom. The predicted molar refractivity (Wildman–Crippen MR) is 150 cm³/mol. The number of aryl methyl sites for hydroxylation is 2. The zero-order chi connectivity index (χ0) is 25.8. The van der Waals surface area contributed by atoms with Crippen molar-refractivity contribution in [2.24, 2.45) is 0 Å². The Labute approximate surface area is 211 Å². The fourth-order valence-corrected chi connectivity index (χ4v) is 3.12. The van der Waals surface area contributed by atoms with E-state index in [4.69, 9.17) is 5.11 Å². The normalized spacial score (nSPS) is 9.32. The molecule has 0 aliphatic carbocycles. The highest BCUT2D eigenvalue weighted by atomic mass is 35.5. The molecule has 0 heterocycles. The van der Waals surface area contributed by atoms with E-state index in [0.29, 0.717) is 18.0 Å². The Kier molecular flexibility index (Phi) is 18.0. The summed E-state index contributed by atoms with van der Waals surface area (Å²) in [5, 5.41) is 10.7. The summed E-state index contributed by atoms with van der Waals surface area (Å²) in [6.45, 7) is 13.9. The van der Waals surface area contributed by atoms with Gasteiger partial charge in [0.2, 0.25) is 0 Å². The van der Waals surface area contributed by atoms with Crippen LogP contribution >= 0.6 is 11.6 Å². The highest BCUT2D eigenvalue weighted by molar-refractivity contribution is 6.15. The molecule has 0 aromatic heterocycles. The lowest BCUT2D eigenvalue weighted by atomic mass is 9.97. The summed E-state index contributed by atoms with van der Waals surface area (Å²) in [5.74, 6) is 0.622. The first-order valence-corrected chi connectivity index (χ1v) is 12.6. The number of rotatable bonds is 7. The van der Waals surface area contributed by atoms with Crippen LogP contribution in [0.3, 0.4) is 0 Å². The lowest BCUT2D eigenvalue weighted by Crippen LogP contribution is -2.20. The minimum atomic E-state index is 0.301. The molecule has 0 radical (unpaired) electrons. The van der Waals surface area contributed by atoms with Gasteiger partial charge in [-0.15, -0.1) is 11.6 Å². The molecule has 3 heteroatoms. The number of halogens is 1. The highest BCUT2D eigenvalue weighted by Gasteiger charge is 2.09. The van der Waals surface area contributed by atoms with Crippen LogP contribution in [0.15, 0.2) is 72.8 Å². The number of benzene rings is 3. The van der Waals surface area contributed by atoms with E-state index in [1.165, 1.54) is 36.8 Å². The quantitative estimate of drug-likeness (QED) is 0.216. The van der Waals surface area contributed by atoms with Crippen molar-refractivity contribution >= 4 is 30.5 Å². The summed E-state index contributed by atoms with van der Waals surface area (Å²) in [6.07, 6.45) is 7.78. The summed E-state index contributed by atoms with van der Waals surface area (Å²) in [4.78, 5) is 11.9. The molecule has 0 amide bonds. The number of aromatic hydroxyl groups is 1. The number of carbonyl (C=O) groups is 1. The van der Waals surface area contributed by atoms with Gasteiger partial charge in [0.15, 0.2) is 5.78 Å². The van der Waals surface area contributed by atoms with Gasteiger partial charge in [0, 0.05) is 18.4 Å². The van der Waals surface area contributed by atoms with Crippen molar-refractivity contribution in [1.29, 1.82) is 0 Å². The lowest BCUT2D eigenvalue weighted by molar-refractivity contribution is 0.0981. The number of alkyl halides is 1. The Morgan fingerprint density at radius 3 is 1.94 bits per heavy atom. The van der Waals surface area contributed by atoms with Gasteiger partial charge in [-0.2, -0.15) is 0 Å². The molecule has 0 saturated carbocycles. The number of Topliss-reactive ketones (excluding diaryl/α,β-unsaturated/α-hetero) is 1. The number of hydrogen-bond acceptors (Lipinski definition) is 2. The third-order valence-electron chi connectivity index (χ3n) is 4.96. The Bertz CT molecular complexity index is 1030. The van der Waals surface area contributed by atoms with Crippen LogP contribution in [-0.4, -0.2) is 17.3 Å². The van der Waals surface area contributed by atoms with Gasteiger partial charge in [-0.1, -0.05) is 106 Å². The second-order valence-electron chi connectivity index (χ2n) is 7.90. The molecule has 184 valence electrons. The molecule has 0 aliphatic heterocycles. The van der Waals surface area contributed by atoms with Crippen LogP contribution in [0, 0.1) is 6.92 Å². The van der Waals surface area contributed by atoms with Gasteiger partial charge in [0.25, 0.3) is 0 Å². The molecule has 1 N–H and O–H groups in total. The minimum Gasteiger partial charge on any atom is -0.508 e. The molecular formula is C31H41ClO2. The maximum absolute atomic E-state index is 11.9. The van der Waals surface area contributed by atoms with E-state index in [1.807, 2.05) is 49.4 Å². The zero-order valence-corrected chi connectivity index (χ0v) is 22.1. The second-order valence-corrected chi connectivity index (χ2v) is 7.90. The topological polar surface area (TPSA) is 37.3 Å². The Balaban J connectivity index is 0.000000508. The van der Waals surface area contributed by atoms with Gasteiger partial charge in [0.05, 0.1) is 0 Å².